The Morgan fingerprint density at radius 1 is 0.967 bits per heavy atom. The number of amides is 2. The normalized spacial score (nSPS) is 15.4. The van der Waals surface area contributed by atoms with Crippen LogP contribution in [0.2, 0.25) is 0 Å². The second kappa shape index (κ2) is 10.6. The number of rotatable bonds is 7. The summed E-state index contributed by atoms with van der Waals surface area (Å²) in [6, 6.07) is 15.3. The van der Waals surface area contributed by atoms with E-state index in [4.69, 9.17) is 11.6 Å². The van der Waals surface area contributed by atoms with Crippen LogP contribution >= 0.6 is 11.6 Å². The third-order valence-electron chi connectivity index (χ3n) is 5.81. The first kappa shape index (κ1) is 22.4. The fraction of sp³-hybridized carbons (Fsp3) is 0.440. The van der Waals surface area contributed by atoms with E-state index in [1.165, 1.54) is 6.42 Å². The van der Waals surface area contributed by atoms with Crippen molar-refractivity contribution in [2.45, 2.75) is 64.6 Å². The van der Waals surface area contributed by atoms with Gasteiger partial charge in [-0.3, -0.25) is 9.59 Å². The summed E-state index contributed by atoms with van der Waals surface area (Å²) < 4.78 is 0. The van der Waals surface area contributed by atoms with Gasteiger partial charge in [0.1, 0.15) is 11.9 Å². The maximum Gasteiger partial charge on any atom is 0.247 e. The Balaban J connectivity index is 1.92. The van der Waals surface area contributed by atoms with Gasteiger partial charge in [-0.25, -0.2) is 0 Å². The van der Waals surface area contributed by atoms with Gasteiger partial charge in [0.25, 0.3) is 0 Å². The third-order valence-corrected chi connectivity index (χ3v) is 6.04. The largest absolute Gasteiger partial charge is 0.351 e. The van der Waals surface area contributed by atoms with Gasteiger partial charge in [0.05, 0.1) is 0 Å². The summed E-state index contributed by atoms with van der Waals surface area (Å²) >= 11 is 5.97. The average molecular weight is 427 g/mol. The molecule has 0 heterocycles. The fourth-order valence-corrected chi connectivity index (χ4v) is 4.19. The molecule has 2 amide bonds. The summed E-state index contributed by atoms with van der Waals surface area (Å²) in [5, 5.41) is 3.21. The van der Waals surface area contributed by atoms with Gasteiger partial charge in [-0.15, -0.1) is 11.6 Å². The van der Waals surface area contributed by atoms with Crippen molar-refractivity contribution in [3.05, 3.63) is 70.8 Å². The summed E-state index contributed by atoms with van der Waals surface area (Å²) in [5.41, 5.74) is 4.04. The van der Waals surface area contributed by atoms with Gasteiger partial charge in [-0.05, 0) is 37.8 Å². The highest BCUT2D eigenvalue weighted by atomic mass is 35.5. The van der Waals surface area contributed by atoms with E-state index in [2.05, 4.69) is 5.32 Å². The summed E-state index contributed by atoms with van der Waals surface area (Å²) in [5.74, 6) is -0.539. The summed E-state index contributed by atoms with van der Waals surface area (Å²) in [4.78, 5) is 27.9. The molecule has 1 aliphatic carbocycles. The molecule has 4 nitrogen and oxygen atoms in total. The molecule has 1 fully saturated rings. The van der Waals surface area contributed by atoms with Gasteiger partial charge in [0, 0.05) is 12.6 Å². The van der Waals surface area contributed by atoms with Crippen molar-refractivity contribution in [3.63, 3.8) is 0 Å². The molecule has 2 aromatic rings. The van der Waals surface area contributed by atoms with E-state index in [0.29, 0.717) is 6.54 Å². The molecule has 160 valence electrons. The second-order valence-corrected chi connectivity index (χ2v) is 8.56. The Bertz CT molecular complexity index is 842. The van der Waals surface area contributed by atoms with Gasteiger partial charge in [0.15, 0.2) is 0 Å². The van der Waals surface area contributed by atoms with E-state index < -0.39 is 6.04 Å². The number of aryl methyl sites for hydroxylation is 2. The Morgan fingerprint density at radius 3 is 2.10 bits per heavy atom. The molecular weight excluding hydrogens is 396 g/mol. The molecule has 1 saturated carbocycles. The van der Waals surface area contributed by atoms with E-state index in [-0.39, 0.29) is 23.7 Å². The minimum Gasteiger partial charge on any atom is -0.351 e. The van der Waals surface area contributed by atoms with Gasteiger partial charge in [0.2, 0.25) is 11.8 Å². The van der Waals surface area contributed by atoms with Crippen molar-refractivity contribution in [3.8, 4) is 0 Å². The smallest absolute Gasteiger partial charge is 0.247 e. The lowest BCUT2D eigenvalue weighted by molar-refractivity contribution is -0.140. The molecule has 0 aromatic heterocycles. The Hall–Kier alpha value is -2.33. The van der Waals surface area contributed by atoms with Crippen LogP contribution in [0.15, 0.2) is 48.5 Å². The van der Waals surface area contributed by atoms with Crippen molar-refractivity contribution >= 4 is 23.4 Å². The van der Waals surface area contributed by atoms with E-state index in [1.807, 2.05) is 62.4 Å². The van der Waals surface area contributed by atoms with Crippen LogP contribution in [-0.4, -0.2) is 28.6 Å². The molecule has 5 heteroatoms. The number of carbonyl (C=O) groups is 2. The van der Waals surface area contributed by atoms with Crippen molar-refractivity contribution in [1.29, 1.82) is 0 Å². The molecule has 3 rings (SSSR count). The van der Waals surface area contributed by atoms with Crippen LogP contribution in [0.25, 0.3) is 0 Å². The molecule has 0 aliphatic heterocycles. The molecule has 1 aliphatic rings. The summed E-state index contributed by atoms with van der Waals surface area (Å²) in [6.07, 6.45) is 5.47. The van der Waals surface area contributed by atoms with E-state index in [0.717, 1.165) is 47.9 Å². The SMILES string of the molecule is Cc1ccc(CN(C(=O)CCl)C(C(=O)NC2CCCCC2)c2ccc(C)cc2)cc1. The molecular formula is C25H31ClN2O2. The van der Waals surface area contributed by atoms with Crippen molar-refractivity contribution in [2.75, 3.05) is 5.88 Å². The Kier molecular flexibility index (Phi) is 7.92. The molecule has 1 N–H and O–H groups in total. The molecule has 0 saturated heterocycles. The quantitative estimate of drug-likeness (QED) is 0.629. The average Bonchev–Trinajstić information content (AvgIpc) is 2.76. The summed E-state index contributed by atoms with van der Waals surface area (Å²) in [7, 11) is 0. The van der Waals surface area contributed by atoms with Crippen LogP contribution in [0.5, 0.6) is 0 Å². The van der Waals surface area contributed by atoms with Crippen LogP contribution in [0.1, 0.15) is 60.4 Å². The number of nitrogens with one attached hydrogen (secondary N) is 1. The van der Waals surface area contributed by atoms with E-state index in [9.17, 15) is 9.59 Å². The summed E-state index contributed by atoms with van der Waals surface area (Å²) in [6.45, 7) is 4.37. The zero-order chi connectivity index (χ0) is 21.5. The van der Waals surface area contributed by atoms with Crippen molar-refractivity contribution in [1.82, 2.24) is 10.2 Å². The van der Waals surface area contributed by atoms with Crippen LogP contribution < -0.4 is 5.32 Å². The van der Waals surface area contributed by atoms with Gasteiger partial charge >= 0.3 is 0 Å². The predicted octanol–water partition coefficient (Wildman–Crippen LogP) is 5.06. The lowest BCUT2D eigenvalue weighted by Crippen LogP contribution is -2.47. The number of benzene rings is 2. The van der Waals surface area contributed by atoms with Crippen molar-refractivity contribution in [2.24, 2.45) is 0 Å². The second-order valence-electron chi connectivity index (χ2n) is 8.30. The minimum atomic E-state index is -0.708. The topological polar surface area (TPSA) is 49.4 Å². The zero-order valence-corrected chi connectivity index (χ0v) is 18.6. The standard InChI is InChI=1S/C25H31ClN2O2/c1-18-8-12-20(13-9-18)17-28(23(29)16-26)24(21-14-10-19(2)11-15-21)25(30)27-22-6-4-3-5-7-22/h8-15,22,24H,3-7,16-17H2,1-2H3,(H,27,30). The number of nitrogens with zero attached hydrogens (tertiary/aromatic N) is 1. The van der Waals surface area contributed by atoms with Crippen LogP contribution in [-0.2, 0) is 16.1 Å². The fourth-order valence-electron chi connectivity index (χ4n) is 4.04. The number of hydrogen-bond acceptors (Lipinski definition) is 2. The first-order chi connectivity index (χ1) is 14.5. The number of halogens is 1. The first-order valence-corrected chi connectivity index (χ1v) is 11.3. The number of carbonyl (C=O) groups excluding carboxylic acids is 2. The first-order valence-electron chi connectivity index (χ1n) is 10.8. The molecule has 30 heavy (non-hydrogen) atoms. The molecule has 2 aromatic carbocycles. The van der Waals surface area contributed by atoms with Gasteiger partial charge < -0.3 is 10.2 Å². The highest BCUT2D eigenvalue weighted by Crippen LogP contribution is 2.26. The van der Waals surface area contributed by atoms with Crippen molar-refractivity contribution < 1.29 is 9.59 Å². The lowest BCUT2D eigenvalue weighted by Gasteiger charge is -2.33. The van der Waals surface area contributed by atoms with Crippen LogP contribution in [0.3, 0.4) is 0 Å². The number of alkyl halides is 1. The van der Waals surface area contributed by atoms with Gasteiger partial charge in [-0.2, -0.15) is 0 Å². The maximum absolute atomic E-state index is 13.5. The zero-order valence-electron chi connectivity index (χ0n) is 17.9. The number of hydrogen-bond donors (Lipinski definition) is 1. The predicted molar refractivity (Wildman–Crippen MR) is 121 cm³/mol. The lowest BCUT2D eigenvalue weighted by atomic mass is 9.94. The minimum absolute atomic E-state index is 0.128. The maximum atomic E-state index is 13.5. The molecule has 0 bridgehead atoms. The molecule has 1 unspecified atom stereocenters. The third kappa shape index (κ3) is 5.85. The van der Waals surface area contributed by atoms with E-state index >= 15 is 0 Å². The van der Waals surface area contributed by atoms with Gasteiger partial charge in [-0.1, -0.05) is 78.9 Å². The highest BCUT2D eigenvalue weighted by Gasteiger charge is 2.32. The molecule has 1 atom stereocenters. The Labute approximate surface area is 184 Å². The van der Waals surface area contributed by atoms with Crippen LogP contribution in [0.4, 0.5) is 0 Å². The highest BCUT2D eigenvalue weighted by molar-refractivity contribution is 6.27. The molecule has 0 radical (unpaired) electrons. The van der Waals surface area contributed by atoms with Crippen LogP contribution in [0, 0.1) is 13.8 Å². The monoisotopic (exact) mass is 426 g/mol. The molecule has 0 spiro atoms. The van der Waals surface area contributed by atoms with E-state index in [1.54, 1.807) is 4.90 Å². The Morgan fingerprint density at radius 2 is 1.53 bits per heavy atom.